The van der Waals surface area contributed by atoms with Crippen LogP contribution in [0.2, 0.25) is 10.0 Å². The maximum atomic E-state index is 17.3. The van der Waals surface area contributed by atoms with Gasteiger partial charge in [0.25, 0.3) is 0 Å². The average Bonchev–Trinajstić information content (AvgIpc) is 3.36. The Morgan fingerprint density at radius 2 is 1.94 bits per heavy atom. The average molecular weight is 735 g/mol. The summed E-state index contributed by atoms with van der Waals surface area (Å²) in [5, 5.41) is 25.5. The van der Waals surface area contributed by atoms with E-state index in [0.29, 0.717) is 34.0 Å². The highest BCUT2D eigenvalue weighted by molar-refractivity contribution is 6.43. The zero-order valence-electron chi connectivity index (χ0n) is 29.6. The highest BCUT2D eigenvalue weighted by atomic mass is 35.5. The summed E-state index contributed by atoms with van der Waals surface area (Å²) in [6.45, 7) is 11.5. The predicted octanol–water partition coefficient (Wildman–Crippen LogP) is 8.97. The van der Waals surface area contributed by atoms with Crippen molar-refractivity contribution in [2.24, 2.45) is 11.3 Å². The molecule has 4 fully saturated rings. The van der Waals surface area contributed by atoms with E-state index in [4.69, 9.17) is 32.9 Å². The van der Waals surface area contributed by atoms with Gasteiger partial charge in [-0.05, 0) is 84.1 Å². The summed E-state index contributed by atoms with van der Waals surface area (Å²) in [7, 11) is 0. The number of amides is 2. The molecule has 2 aromatic heterocycles. The minimum absolute atomic E-state index is 0.0360. The molecule has 2 aliphatic carbocycles. The summed E-state index contributed by atoms with van der Waals surface area (Å²) in [6, 6.07) is 10.1. The van der Waals surface area contributed by atoms with Crippen LogP contribution in [0.25, 0.3) is 32.9 Å². The van der Waals surface area contributed by atoms with E-state index < -0.39 is 29.0 Å². The number of nitriles is 1. The number of hydrogen-bond donors (Lipinski definition) is 2. The lowest BCUT2D eigenvalue weighted by Gasteiger charge is -2.40. The number of pyridine rings is 1. The molecule has 12 heteroatoms. The molecular weight excluding hydrogens is 692 g/mol. The Bertz CT molecular complexity index is 2150. The van der Waals surface area contributed by atoms with Crippen molar-refractivity contribution in [2.45, 2.75) is 103 Å². The zero-order valence-corrected chi connectivity index (χ0v) is 31.1. The molecule has 9 nitrogen and oxygen atoms in total. The number of nitrogens with zero attached hydrogens (tertiary/aromatic N) is 4. The highest BCUT2D eigenvalue weighted by Crippen LogP contribution is 2.54. The Morgan fingerprint density at radius 3 is 2.59 bits per heavy atom. The molecule has 0 radical (unpaired) electrons. The van der Waals surface area contributed by atoms with Gasteiger partial charge in [-0.3, -0.25) is 4.79 Å². The number of ether oxygens (including phenoxy) is 1. The molecule has 4 aromatic rings. The Kier molecular flexibility index (Phi) is 8.80. The van der Waals surface area contributed by atoms with Gasteiger partial charge in [0.05, 0.1) is 51.6 Å². The van der Waals surface area contributed by atoms with Gasteiger partial charge in [0.1, 0.15) is 11.1 Å². The summed E-state index contributed by atoms with van der Waals surface area (Å²) < 4.78 is 25.2. The van der Waals surface area contributed by atoms with Crippen LogP contribution in [-0.4, -0.2) is 49.7 Å². The monoisotopic (exact) mass is 733 g/mol. The van der Waals surface area contributed by atoms with Crippen LogP contribution in [0, 0.1) is 28.5 Å². The Balaban J connectivity index is 1.50. The van der Waals surface area contributed by atoms with Crippen molar-refractivity contribution < 1.29 is 23.8 Å². The topological polar surface area (TPSA) is 120 Å². The largest absolute Gasteiger partial charge is 0.444 e. The molecule has 0 spiro atoms. The minimum atomic E-state index is -1.07. The molecule has 4 heterocycles. The van der Waals surface area contributed by atoms with Crippen LogP contribution >= 0.6 is 23.2 Å². The molecule has 1 unspecified atom stereocenters. The lowest BCUT2D eigenvalue weighted by atomic mass is 9.79. The van der Waals surface area contributed by atoms with Gasteiger partial charge in [-0.1, -0.05) is 42.3 Å². The number of aryl methyl sites for hydroxylation is 1. The highest BCUT2D eigenvalue weighted by Gasteiger charge is 2.56. The zero-order chi connectivity index (χ0) is 36.7. The van der Waals surface area contributed by atoms with Crippen LogP contribution in [0.1, 0.15) is 102 Å². The van der Waals surface area contributed by atoms with E-state index in [1.54, 1.807) is 30.0 Å². The van der Waals surface area contributed by atoms with Crippen molar-refractivity contribution in [1.29, 1.82) is 5.26 Å². The standard InChI is InChI=1S/C39H42Cl2FN5O4/c1-19(44-36(49)39(6)12-13-39)27-17-25-32(20(2)48)45-33-24(15-21(9-8-14-43)29(31(33)42)23-10-7-11-26(40)30(23)41)35(25)47(27)34-22-16-28(34)46(18-22)37(50)51-38(3,4)5/h7,10-11,15,17,19-20,22,28,34,48H,8-9,12-13,16,18H2,1-6H3,(H,44,49)/t19-,20?,22-,28-,34+/m1/s1. The van der Waals surface area contributed by atoms with Crippen molar-refractivity contribution in [3.05, 3.63) is 63.1 Å². The Morgan fingerprint density at radius 1 is 1.22 bits per heavy atom. The number of nitrogens with one attached hydrogen (secondary N) is 1. The number of rotatable bonds is 8. The van der Waals surface area contributed by atoms with Crippen molar-refractivity contribution in [2.75, 3.05) is 6.54 Å². The third-order valence-corrected chi connectivity index (χ3v) is 11.6. The lowest BCUT2D eigenvalue weighted by Crippen LogP contribution is -2.45. The first-order valence-corrected chi connectivity index (χ1v) is 18.3. The molecule has 2 bridgehead atoms. The molecule has 2 saturated carbocycles. The number of halogens is 3. The van der Waals surface area contributed by atoms with Gasteiger partial charge in [-0.2, -0.15) is 5.26 Å². The molecule has 4 aliphatic rings. The molecule has 268 valence electrons. The van der Waals surface area contributed by atoms with Gasteiger partial charge >= 0.3 is 6.09 Å². The summed E-state index contributed by atoms with van der Waals surface area (Å²) in [4.78, 5) is 33.3. The van der Waals surface area contributed by atoms with Crippen LogP contribution in [0.4, 0.5) is 9.18 Å². The first kappa shape index (κ1) is 35.5. The predicted molar refractivity (Wildman–Crippen MR) is 195 cm³/mol. The quantitative estimate of drug-likeness (QED) is 0.187. The number of aliphatic hydroxyl groups is 1. The van der Waals surface area contributed by atoms with Crippen LogP contribution in [0.3, 0.4) is 0 Å². The van der Waals surface area contributed by atoms with Gasteiger partial charge in [0, 0.05) is 51.9 Å². The van der Waals surface area contributed by atoms with Gasteiger partial charge in [-0.15, -0.1) is 0 Å². The van der Waals surface area contributed by atoms with Gasteiger partial charge in [-0.25, -0.2) is 14.2 Å². The third-order valence-electron chi connectivity index (χ3n) is 10.8. The van der Waals surface area contributed by atoms with E-state index in [0.717, 1.165) is 25.0 Å². The van der Waals surface area contributed by atoms with E-state index in [9.17, 15) is 20.0 Å². The number of carbonyl (C=O) groups excluding carboxylic acids is 2. The van der Waals surface area contributed by atoms with Gasteiger partial charge < -0.3 is 24.6 Å². The normalized spacial score (nSPS) is 21.7. The van der Waals surface area contributed by atoms with Crippen LogP contribution in [0.5, 0.6) is 0 Å². The number of hydrogen-bond acceptors (Lipinski definition) is 6. The van der Waals surface area contributed by atoms with Crippen molar-refractivity contribution >= 4 is 57.0 Å². The first-order valence-electron chi connectivity index (χ1n) is 17.5. The Labute approximate surface area is 306 Å². The van der Waals surface area contributed by atoms with E-state index in [2.05, 4.69) is 16.0 Å². The van der Waals surface area contributed by atoms with Crippen molar-refractivity contribution in [3.8, 4) is 17.2 Å². The first-order chi connectivity index (χ1) is 24.0. The van der Waals surface area contributed by atoms with Crippen LogP contribution in [0.15, 0.2) is 30.3 Å². The maximum Gasteiger partial charge on any atom is 0.410 e. The second-order valence-electron chi connectivity index (χ2n) is 15.7. The fraction of sp³-hybridized carbons (Fsp3) is 0.487. The molecule has 8 rings (SSSR count). The third kappa shape index (κ3) is 6.01. The SMILES string of the molecule is CC(O)c1nc2c(F)c(-c3cccc(Cl)c3Cl)c(CCC#N)cc2c2c1cc([C@@H](C)NC(=O)C1(C)CC1)n2[C@H]1[C@@H]2C[C@H]1N(C(=O)OC(C)(C)C)C2. The minimum Gasteiger partial charge on any atom is -0.444 e. The number of aromatic nitrogens is 2. The maximum absolute atomic E-state index is 17.3. The Hall–Kier alpha value is -3.91. The van der Waals surface area contributed by atoms with Crippen molar-refractivity contribution in [1.82, 2.24) is 19.8 Å². The van der Waals surface area contributed by atoms with E-state index >= 15 is 4.39 Å². The molecule has 2 aliphatic heterocycles. The fourth-order valence-electron chi connectivity index (χ4n) is 7.89. The van der Waals surface area contributed by atoms with E-state index in [1.807, 2.05) is 46.8 Å². The number of benzene rings is 2. The molecular formula is C39H42Cl2FN5O4. The number of fused-ring (bicyclic) bond motifs is 4. The molecule has 2 N–H and O–H groups in total. The molecule has 5 atom stereocenters. The van der Waals surface area contributed by atoms with Gasteiger partial charge in [0.15, 0.2) is 5.82 Å². The van der Waals surface area contributed by atoms with Gasteiger partial charge in [0.2, 0.25) is 5.91 Å². The molecule has 2 amide bonds. The van der Waals surface area contributed by atoms with Crippen molar-refractivity contribution in [3.63, 3.8) is 0 Å². The number of carbonyl (C=O) groups is 2. The summed E-state index contributed by atoms with van der Waals surface area (Å²) in [6.07, 6.45) is 1.32. The second kappa shape index (κ2) is 12.6. The van der Waals surface area contributed by atoms with Crippen LogP contribution < -0.4 is 5.32 Å². The number of aliphatic hydroxyl groups excluding tert-OH is 1. The fourth-order valence-corrected chi connectivity index (χ4v) is 8.28. The lowest BCUT2D eigenvalue weighted by molar-refractivity contribution is -0.126. The summed E-state index contributed by atoms with van der Waals surface area (Å²) >= 11 is 13.0. The van der Waals surface area contributed by atoms with Crippen LogP contribution in [-0.2, 0) is 16.0 Å². The molecule has 2 aromatic carbocycles. The summed E-state index contributed by atoms with van der Waals surface area (Å²) in [5.41, 5.74) is 1.79. The second-order valence-corrected chi connectivity index (χ2v) is 16.5. The smallest absolute Gasteiger partial charge is 0.410 e. The summed E-state index contributed by atoms with van der Waals surface area (Å²) in [5.74, 6) is -0.602. The molecule has 51 heavy (non-hydrogen) atoms. The van der Waals surface area contributed by atoms with E-state index in [-0.39, 0.29) is 69.7 Å². The molecule has 2 saturated heterocycles. The van der Waals surface area contributed by atoms with E-state index in [1.165, 1.54) is 0 Å².